The number of aromatic nitrogens is 3. The van der Waals surface area contributed by atoms with E-state index in [1.165, 1.54) is 40.6 Å². The Labute approximate surface area is 162 Å². The van der Waals surface area contributed by atoms with Gasteiger partial charge in [0.1, 0.15) is 35.6 Å². The summed E-state index contributed by atoms with van der Waals surface area (Å²) in [5.74, 6) is -0.868. The van der Waals surface area contributed by atoms with Gasteiger partial charge in [-0.3, -0.25) is 0 Å². The molecule has 0 aliphatic carbocycles. The molecule has 0 amide bonds. The highest BCUT2D eigenvalue weighted by Gasteiger charge is 2.53. The predicted octanol–water partition coefficient (Wildman–Crippen LogP) is 0.442. The number of carboxylic acid groups (broad SMARTS) is 1. The van der Waals surface area contributed by atoms with Crippen LogP contribution in [-0.2, 0) is 4.74 Å². The van der Waals surface area contributed by atoms with Crippen LogP contribution in [0.15, 0.2) is 24.0 Å². The number of fused-ring (bicyclic) bond motifs is 1. The Morgan fingerprint density at radius 1 is 1.46 bits per heavy atom. The monoisotopic (exact) mass is 406 g/mol. The molecule has 0 spiro atoms. The first-order valence-corrected chi connectivity index (χ1v) is 9.23. The number of carboxylic acids is 1. The summed E-state index contributed by atoms with van der Waals surface area (Å²) in [5.41, 5.74) is 5.40. The molecule has 148 valence electrons. The number of nitrogens with two attached hydrogens (primary N) is 1. The summed E-state index contributed by atoms with van der Waals surface area (Å²) >= 11 is 1.22. The number of nitrogen functional groups attached to an aromatic ring is 1. The standard InChI is InChI=1S/C17H18N4O6S/c1-17(26)12(23)9(4-22)27-16(17)21-3-8(10-2-7(5-28-10)15(24)25)11-13(18)19-6-20-14(11)21/h2-3,5-6,9,12,16,22-23,26H,4H2,1H3,(H,24,25)(H2,18,19,20). The minimum Gasteiger partial charge on any atom is -0.478 e. The van der Waals surface area contributed by atoms with Gasteiger partial charge in [-0.05, 0) is 13.0 Å². The minimum atomic E-state index is -1.71. The first kappa shape index (κ1) is 18.8. The topological polar surface area (TPSA) is 164 Å². The van der Waals surface area contributed by atoms with E-state index < -0.39 is 36.6 Å². The van der Waals surface area contributed by atoms with Gasteiger partial charge in [0, 0.05) is 22.0 Å². The van der Waals surface area contributed by atoms with E-state index >= 15 is 0 Å². The van der Waals surface area contributed by atoms with E-state index in [2.05, 4.69) is 9.97 Å². The van der Waals surface area contributed by atoms with E-state index in [0.717, 1.165) is 0 Å². The van der Waals surface area contributed by atoms with Crippen LogP contribution < -0.4 is 5.73 Å². The summed E-state index contributed by atoms with van der Waals surface area (Å²) in [6, 6.07) is 1.51. The number of anilines is 1. The highest BCUT2D eigenvalue weighted by Crippen LogP contribution is 2.43. The van der Waals surface area contributed by atoms with Gasteiger partial charge in [0.25, 0.3) is 0 Å². The lowest BCUT2D eigenvalue weighted by Crippen LogP contribution is -2.44. The SMILES string of the molecule is CC1(O)C(O)C(CO)OC1n1cc(-c2cc(C(=O)O)cs2)c2c(N)ncnc21. The summed E-state index contributed by atoms with van der Waals surface area (Å²) < 4.78 is 7.20. The largest absolute Gasteiger partial charge is 0.478 e. The minimum absolute atomic E-state index is 0.135. The van der Waals surface area contributed by atoms with Crippen molar-refractivity contribution in [2.24, 2.45) is 0 Å². The number of aromatic carboxylic acids is 1. The van der Waals surface area contributed by atoms with E-state index in [1.807, 2.05) is 0 Å². The van der Waals surface area contributed by atoms with Gasteiger partial charge in [0.15, 0.2) is 6.23 Å². The van der Waals surface area contributed by atoms with Gasteiger partial charge in [0.05, 0.1) is 17.6 Å². The predicted molar refractivity (Wildman–Crippen MR) is 99.8 cm³/mol. The van der Waals surface area contributed by atoms with Gasteiger partial charge in [-0.25, -0.2) is 14.8 Å². The third kappa shape index (κ3) is 2.67. The number of thiophene rings is 1. The Morgan fingerprint density at radius 2 is 2.21 bits per heavy atom. The number of ether oxygens (including phenoxy) is 1. The molecule has 1 aliphatic rings. The molecule has 0 radical (unpaired) electrons. The van der Waals surface area contributed by atoms with Crippen molar-refractivity contribution in [3.63, 3.8) is 0 Å². The average molecular weight is 406 g/mol. The van der Waals surface area contributed by atoms with Crippen molar-refractivity contribution in [2.45, 2.75) is 31.0 Å². The first-order chi connectivity index (χ1) is 13.3. The lowest BCUT2D eigenvalue weighted by atomic mass is 9.96. The van der Waals surface area contributed by atoms with Crippen LogP contribution in [0.2, 0.25) is 0 Å². The highest BCUT2D eigenvalue weighted by molar-refractivity contribution is 7.14. The molecule has 6 N–H and O–H groups in total. The van der Waals surface area contributed by atoms with Crippen molar-refractivity contribution in [3.8, 4) is 10.4 Å². The molecule has 1 aliphatic heterocycles. The van der Waals surface area contributed by atoms with E-state index in [-0.39, 0.29) is 11.4 Å². The molecule has 0 aromatic carbocycles. The zero-order valence-electron chi connectivity index (χ0n) is 14.7. The maximum Gasteiger partial charge on any atom is 0.336 e. The lowest BCUT2D eigenvalue weighted by Gasteiger charge is -2.27. The fraction of sp³-hybridized carbons (Fsp3) is 0.353. The molecule has 3 aromatic rings. The van der Waals surface area contributed by atoms with Crippen molar-refractivity contribution in [1.29, 1.82) is 0 Å². The van der Waals surface area contributed by atoms with Crippen molar-refractivity contribution in [3.05, 3.63) is 29.5 Å². The number of aliphatic hydroxyl groups excluding tert-OH is 2. The van der Waals surface area contributed by atoms with Gasteiger partial charge < -0.3 is 35.5 Å². The number of hydrogen-bond donors (Lipinski definition) is 5. The lowest BCUT2D eigenvalue weighted by molar-refractivity contribution is -0.0948. The molecular formula is C17H18N4O6S. The van der Waals surface area contributed by atoms with Crippen molar-refractivity contribution >= 4 is 34.2 Å². The smallest absolute Gasteiger partial charge is 0.336 e. The Hall–Kier alpha value is -2.57. The molecule has 4 heterocycles. The molecule has 11 heteroatoms. The molecule has 4 unspecified atom stereocenters. The second-order valence-corrected chi connectivity index (χ2v) is 7.70. The number of hydrogen-bond acceptors (Lipinski definition) is 9. The molecule has 0 bridgehead atoms. The third-order valence-corrected chi connectivity index (χ3v) is 5.90. The van der Waals surface area contributed by atoms with E-state index in [1.54, 1.807) is 6.20 Å². The molecule has 10 nitrogen and oxygen atoms in total. The van der Waals surface area contributed by atoms with Crippen LogP contribution in [0.25, 0.3) is 21.5 Å². The summed E-state index contributed by atoms with van der Waals surface area (Å²) in [4.78, 5) is 20.1. The Kier molecular flexibility index (Phi) is 4.36. The van der Waals surface area contributed by atoms with E-state index in [9.17, 15) is 25.2 Å². The molecule has 28 heavy (non-hydrogen) atoms. The van der Waals surface area contributed by atoms with Crippen LogP contribution in [-0.4, -0.2) is 65.3 Å². The van der Waals surface area contributed by atoms with Gasteiger partial charge in [-0.2, -0.15) is 0 Å². The quantitative estimate of drug-likeness (QED) is 0.413. The first-order valence-electron chi connectivity index (χ1n) is 8.35. The maximum atomic E-state index is 11.2. The zero-order chi connectivity index (χ0) is 20.2. The normalized spacial score (nSPS) is 27.5. The Bertz CT molecular complexity index is 1060. The van der Waals surface area contributed by atoms with Crippen LogP contribution in [0, 0.1) is 0 Å². The highest BCUT2D eigenvalue weighted by atomic mass is 32.1. The van der Waals surface area contributed by atoms with E-state index in [4.69, 9.17) is 10.5 Å². The summed E-state index contributed by atoms with van der Waals surface area (Å²) in [7, 11) is 0. The van der Waals surface area contributed by atoms with Crippen LogP contribution in [0.1, 0.15) is 23.5 Å². The second kappa shape index (κ2) is 6.50. The van der Waals surface area contributed by atoms with Crippen molar-refractivity contribution in [1.82, 2.24) is 14.5 Å². The van der Waals surface area contributed by atoms with Crippen molar-refractivity contribution < 1.29 is 30.0 Å². The molecule has 0 saturated carbocycles. The molecule has 1 fully saturated rings. The number of rotatable bonds is 4. The number of carbonyl (C=O) groups is 1. The molecule has 4 atom stereocenters. The van der Waals surface area contributed by atoms with Gasteiger partial charge in [-0.1, -0.05) is 0 Å². The second-order valence-electron chi connectivity index (χ2n) is 6.79. The zero-order valence-corrected chi connectivity index (χ0v) is 15.5. The van der Waals surface area contributed by atoms with Gasteiger partial charge in [0.2, 0.25) is 0 Å². The van der Waals surface area contributed by atoms with E-state index in [0.29, 0.717) is 21.5 Å². The summed E-state index contributed by atoms with van der Waals surface area (Å²) in [6.45, 7) is 0.936. The van der Waals surface area contributed by atoms with Crippen LogP contribution in [0.4, 0.5) is 5.82 Å². The van der Waals surface area contributed by atoms with Gasteiger partial charge >= 0.3 is 5.97 Å². The fourth-order valence-electron chi connectivity index (χ4n) is 3.45. The Balaban J connectivity index is 1.91. The average Bonchev–Trinajstić information content (AvgIpc) is 3.32. The molecule has 4 rings (SSSR count). The molecule has 1 saturated heterocycles. The van der Waals surface area contributed by atoms with Crippen LogP contribution in [0.5, 0.6) is 0 Å². The summed E-state index contributed by atoms with van der Waals surface area (Å²) in [5, 5.41) is 41.7. The third-order valence-electron chi connectivity index (χ3n) is 4.94. The number of aliphatic hydroxyl groups is 3. The van der Waals surface area contributed by atoms with Crippen molar-refractivity contribution in [2.75, 3.05) is 12.3 Å². The fourth-order valence-corrected chi connectivity index (χ4v) is 4.35. The Morgan fingerprint density at radius 3 is 2.82 bits per heavy atom. The van der Waals surface area contributed by atoms with Gasteiger partial charge in [-0.15, -0.1) is 11.3 Å². The maximum absolute atomic E-state index is 11.2. The summed E-state index contributed by atoms with van der Waals surface area (Å²) in [6.07, 6.45) is -0.454. The number of nitrogens with zero attached hydrogens (tertiary/aromatic N) is 3. The molecular weight excluding hydrogens is 388 g/mol. The van der Waals surface area contributed by atoms with Crippen LogP contribution in [0.3, 0.4) is 0 Å². The molecule has 3 aromatic heterocycles. The van der Waals surface area contributed by atoms with Crippen LogP contribution >= 0.6 is 11.3 Å².